The highest BCUT2D eigenvalue weighted by atomic mass is 14.8. The second-order valence-corrected chi connectivity index (χ2v) is 3.84. The highest BCUT2D eigenvalue weighted by Gasteiger charge is 2.01. The first-order valence-electron chi connectivity index (χ1n) is 5.89. The van der Waals surface area contributed by atoms with Crippen molar-refractivity contribution in [2.24, 2.45) is 0 Å². The highest BCUT2D eigenvalue weighted by molar-refractivity contribution is 5.82. The molecule has 2 aromatic rings. The van der Waals surface area contributed by atoms with Crippen LogP contribution in [0.5, 0.6) is 0 Å². The third kappa shape index (κ3) is 2.59. The fourth-order valence-electron chi connectivity index (χ4n) is 1.76. The Kier molecular flexibility index (Phi) is 3.66. The van der Waals surface area contributed by atoms with E-state index < -0.39 is 0 Å². The number of aromatic nitrogens is 2. The zero-order chi connectivity index (χ0) is 12.1. The van der Waals surface area contributed by atoms with Crippen molar-refractivity contribution in [1.82, 2.24) is 9.97 Å². The van der Waals surface area contributed by atoms with Gasteiger partial charge in [0, 0.05) is 12.4 Å². The Morgan fingerprint density at radius 2 is 1.59 bits per heavy atom. The molecule has 86 valence electrons. The van der Waals surface area contributed by atoms with E-state index in [9.17, 15) is 0 Å². The van der Waals surface area contributed by atoms with Gasteiger partial charge in [-0.05, 0) is 36.6 Å². The Hall–Kier alpha value is -1.96. The van der Waals surface area contributed by atoms with Gasteiger partial charge in [-0.2, -0.15) is 0 Å². The first-order chi connectivity index (χ1) is 8.35. The Morgan fingerprint density at radius 3 is 2.12 bits per heavy atom. The molecule has 0 fully saturated rings. The van der Waals surface area contributed by atoms with Gasteiger partial charge in [-0.25, -0.2) is 0 Å². The molecule has 2 nitrogen and oxygen atoms in total. The molecule has 2 heteroatoms. The molecule has 1 heterocycles. The smallest absolute Gasteiger partial charge is 0.0893 e. The number of fused-ring (bicyclic) bond motifs is 1. The van der Waals surface area contributed by atoms with E-state index >= 15 is 0 Å². The number of rotatable bonds is 3. The molecular formula is C15H16N2. The van der Waals surface area contributed by atoms with Gasteiger partial charge in [0.1, 0.15) is 0 Å². The summed E-state index contributed by atoms with van der Waals surface area (Å²) in [6.45, 7) is 4.15. The van der Waals surface area contributed by atoms with E-state index in [0.29, 0.717) is 0 Å². The predicted molar refractivity (Wildman–Crippen MR) is 73.6 cm³/mol. The second kappa shape index (κ2) is 5.39. The topological polar surface area (TPSA) is 25.8 Å². The maximum absolute atomic E-state index is 4.33. The van der Waals surface area contributed by atoms with E-state index in [1.165, 1.54) is 11.1 Å². The van der Waals surface area contributed by atoms with Gasteiger partial charge in [-0.1, -0.05) is 31.2 Å². The molecule has 0 aliphatic heterocycles. The standard InChI is InChI=1S/C15H16N2/c1-3-5-7-13-11-15-14(16-8-9-17-15)10-12(13)6-4-2/h4-11H,3H2,1-2H3/b6-4-,7-5-. The largest absolute Gasteiger partial charge is 0.253 e. The van der Waals surface area contributed by atoms with Gasteiger partial charge in [0.05, 0.1) is 11.0 Å². The van der Waals surface area contributed by atoms with E-state index in [2.05, 4.69) is 47.3 Å². The van der Waals surface area contributed by atoms with Gasteiger partial charge in [0.15, 0.2) is 0 Å². The minimum Gasteiger partial charge on any atom is -0.253 e. The van der Waals surface area contributed by atoms with E-state index in [1.807, 2.05) is 13.0 Å². The van der Waals surface area contributed by atoms with Crippen LogP contribution in [-0.4, -0.2) is 9.97 Å². The van der Waals surface area contributed by atoms with Crippen LogP contribution >= 0.6 is 0 Å². The number of allylic oxidation sites excluding steroid dienone is 2. The number of hydrogen-bond donors (Lipinski definition) is 0. The van der Waals surface area contributed by atoms with Crippen LogP contribution in [0.4, 0.5) is 0 Å². The van der Waals surface area contributed by atoms with Gasteiger partial charge < -0.3 is 0 Å². The summed E-state index contributed by atoms with van der Waals surface area (Å²) in [5, 5.41) is 0. The van der Waals surface area contributed by atoms with Crippen LogP contribution < -0.4 is 0 Å². The molecule has 1 aromatic heterocycles. The molecule has 0 unspecified atom stereocenters. The lowest BCUT2D eigenvalue weighted by Crippen LogP contribution is -1.87. The maximum Gasteiger partial charge on any atom is 0.0893 e. The number of hydrogen-bond acceptors (Lipinski definition) is 2. The molecule has 0 saturated heterocycles. The molecule has 2 rings (SSSR count). The lowest BCUT2D eigenvalue weighted by atomic mass is 10.0. The molecule has 0 saturated carbocycles. The monoisotopic (exact) mass is 224 g/mol. The van der Waals surface area contributed by atoms with E-state index in [0.717, 1.165) is 17.5 Å². The van der Waals surface area contributed by atoms with Crippen LogP contribution in [0.15, 0.2) is 36.7 Å². The van der Waals surface area contributed by atoms with Gasteiger partial charge in [-0.3, -0.25) is 9.97 Å². The zero-order valence-corrected chi connectivity index (χ0v) is 10.2. The van der Waals surface area contributed by atoms with E-state index in [4.69, 9.17) is 0 Å². The van der Waals surface area contributed by atoms with Gasteiger partial charge in [-0.15, -0.1) is 0 Å². The Balaban J connectivity index is 2.61. The molecule has 0 N–H and O–H groups in total. The van der Waals surface area contributed by atoms with Gasteiger partial charge in [0.2, 0.25) is 0 Å². The molecule has 1 aromatic carbocycles. The summed E-state index contributed by atoms with van der Waals surface area (Å²) in [5.74, 6) is 0. The Bertz CT molecular complexity index is 568. The van der Waals surface area contributed by atoms with Crippen molar-refractivity contribution in [3.05, 3.63) is 47.8 Å². The molecule has 0 aliphatic carbocycles. The molecule has 0 bridgehead atoms. The fourth-order valence-corrected chi connectivity index (χ4v) is 1.76. The molecule has 0 aliphatic rings. The molecule has 17 heavy (non-hydrogen) atoms. The van der Waals surface area contributed by atoms with Crippen LogP contribution in [0, 0.1) is 0 Å². The predicted octanol–water partition coefficient (Wildman–Crippen LogP) is 4.09. The number of nitrogens with zero attached hydrogens (tertiary/aromatic N) is 2. The van der Waals surface area contributed by atoms with Crippen LogP contribution in [0.1, 0.15) is 31.4 Å². The van der Waals surface area contributed by atoms with E-state index in [-0.39, 0.29) is 0 Å². The van der Waals surface area contributed by atoms with Crippen molar-refractivity contribution in [2.45, 2.75) is 20.3 Å². The average Bonchev–Trinajstić information content (AvgIpc) is 2.36. The van der Waals surface area contributed by atoms with Crippen LogP contribution in [0.3, 0.4) is 0 Å². The number of benzene rings is 1. The Labute approximate surface area is 102 Å². The quantitative estimate of drug-likeness (QED) is 0.784. The minimum atomic E-state index is 0.939. The summed E-state index contributed by atoms with van der Waals surface area (Å²) in [7, 11) is 0. The van der Waals surface area contributed by atoms with E-state index in [1.54, 1.807) is 12.4 Å². The van der Waals surface area contributed by atoms with Crippen molar-refractivity contribution >= 4 is 23.2 Å². The minimum absolute atomic E-state index is 0.939. The molecule has 0 atom stereocenters. The lowest BCUT2D eigenvalue weighted by molar-refractivity contribution is 1.23. The summed E-state index contributed by atoms with van der Waals surface area (Å²) < 4.78 is 0. The summed E-state index contributed by atoms with van der Waals surface area (Å²) in [6, 6.07) is 4.17. The van der Waals surface area contributed by atoms with Crippen molar-refractivity contribution in [1.29, 1.82) is 0 Å². The summed E-state index contributed by atoms with van der Waals surface area (Å²) in [4.78, 5) is 8.66. The molecular weight excluding hydrogens is 208 g/mol. The Morgan fingerprint density at radius 1 is 1.00 bits per heavy atom. The zero-order valence-electron chi connectivity index (χ0n) is 10.2. The van der Waals surface area contributed by atoms with Crippen molar-refractivity contribution in [2.75, 3.05) is 0 Å². The lowest BCUT2D eigenvalue weighted by Gasteiger charge is -2.03. The first-order valence-corrected chi connectivity index (χ1v) is 5.89. The van der Waals surface area contributed by atoms with Crippen molar-refractivity contribution in [3.8, 4) is 0 Å². The second-order valence-electron chi connectivity index (χ2n) is 3.84. The average molecular weight is 224 g/mol. The maximum atomic E-state index is 4.33. The van der Waals surface area contributed by atoms with Gasteiger partial charge in [0.25, 0.3) is 0 Å². The molecule has 0 radical (unpaired) electrons. The third-order valence-corrected chi connectivity index (χ3v) is 2.55. The van der Waals surface area contributed by atoms with Crippen molar-refractivity contribution < 1.29 is 0 Å². The first kappa shape index (κ1) is 11.5. The summed E-state index contributed by atoms with van der Waals surface area (Å²) in [6.07, 6.45) is 12.9. The van der Waals surface area contributed by atoms with Crippen LogP contribution in [0.2, 0.25) is 0 Å². The normalized spacial score (nSPS) is 11.9. The third-order valence-electron chi connectivity index (χ3n) is 2.55. The van der Waals surface area contributed by atoms with Crippen LogP contribution in [-0.2, 0) is 0 Å². The molecule has 0 amide bonds. The summed E-state index contributed by atoms with van der Waals surface area (Å²) >= 11 is 0. The van der Waals surface area contributed by atoms with Gasteiger partial charge >= 0.3 is 0 Å². The van der Waals surface area contributed by atoms with Crippen LogP contribution in [0.25, 0.3) is 23.2 Å². The fraction of sp³-hybridized carbons (Fsp3) is 0.200. The highest BCUT2D eigenvalue weighted by Crippen LogP contribution is 2.19. The van der Waals surface area contributed by atoms with Crippen molar-refractivity contribution in [3.63, 3.8) is 0 Å². The molecule has 0 spiro atoms. The summed E-state index contributed by atoms with van der Waals surface area (Å²) in [5.41, 5.74) is 4.26. The SMILES string of the molecule is C/C=C\c1cc2nccnc2cc1/C=C\CC.